The molecule has 0 saturated heterocycles. The molecule has 2 N–H and O–H groups in total. The molecule has 0 unspecified atom stereocenters. The van der Waals surface area contributed by atoms with E-state index in [2.05, 4.69) is 10.3 Å². The molecule has 1 heterocycles. The Kier molecular flexibility index (Phi) is 2.70. The molecule has 78 valence electrons. The number of aromatic amines is 1. The van der Waals surface area contributed by atoms with Crippen LogP contribution in [0, 0.1) is 11.3 Å². The molecule has 0 atom stereocenters. The van der Waals surface area contributed by atoms with Crippen LogP contribution in [0.15, 0.2) is 42.6 Å². The first-order chi connectivity index (χ1) is 7.79. The number of nitrogens with zero attached hydrogens (tertiary/aromatic N) is 1. The molecule has 1 amide bonds. The number of nitriles is 1. The van der Waals surface area contributed by atoms with E-state index >= 15 is 0 Å². The molecule has 1 aromatic carbocycles. The van der Waals surface area contributed by atoms with Gasteiger partial charge in [0.2, 0.25) is 0 Å². The van der Waals surface area contributed by atoms with Crippen molar-refractivity contribution >= 4 is 11.6 Å². The predicted octanol–water partition coefficient (Wildman–Crippen LogP) is 2.14. The number of anilines is 1. The Morgan fingerprint density at radius 3 is 2.56 bits per heavy atom. The molecule has 4 nitrogen and oxygen atoms in total. The molecule has 0 fully saturated rings. The number of H-pyrrole nitrogens is 1. The van der Waals surface area contributed by atoms with E-state index in [-0.39, 0.29) is 5.91 Å². The molecule has 0 radical (unpaired) electrons. The van der Waals surface area contributed by atoms with Gasteiger partial charge in [0.15, 0.2) is 0 Å². The number of carbonyl (C=O) groups excluding carboxylic acids is 1. The first kappa shape index (κ1) is 9.99. The Hall–Kier alpha value is -2.54. The highest BCUT2D eigenvalue weighted by Gasteiger charge is 2.05. The van der Waals surface area contributed by atoms with Gasteiger partial charge in [-0.25, -0.2) is 0 Å². The van der Waals surface area contributed by atoms with Crippen LogP contribution in [0.3, 0.4) is 0 Å². The lowest BCUT2D eigenvalue weighted by atomic mass is 10.2. The van der Waals surface area contributed by atoms with Gasteiger partial charge in [-0.2, -0.15) is 5.26 Å². The number of carbonyl (C=O) groups is 1. The van der Waals surface area contributed by atoms with Crippen molar-refractivity contribution in [1.82, 2.24) is 4.98 Å². The smallest absolute Gasteiger partial charge is 0.272 e. The first-order valence-corrected chi connectivity index (χ1v) is 4.74. The van der Waals surface area contributed by atoms with Crippen LogP contribution < -0.4 is 5.32 Å². The van der Waals surface area contributed by atoms with Crippen molar-refractivity contribution in [2.24, 2.45) is 0 Å². The Morgan fingerprint density at radius 2 is 2.00 bits per heavy atom. The summed E-state index contributed by atoms with van der Waals surface area (Å²) in [5.41, 5.74) is 1.74. The molecule has 0 aliphatic rings. The van der Waals surface area contributed by atoms with Gasteiger partial charge in [-0.05, 0) is 36.4 Å². The van der Waals surface area contributed by atoms with Crippen LogP contribution in [0.1, 0.15) is 16.1 Å². The standard InChI is InChI=1S/C12H9N3O/c13-8-9-3-5-10(6-4-9)15-12(16)11-2-1-7-14-11/h1-7,14H,(H,15,16). The minimum Gasteiger partial charge on any atom is -0.357 e. The fourth-order valence-corrected chi connectivity index (χ4v) is 1.30. The minimum absolute atomic E-state index is 0.199. The van der Waals surface area contributed by atoms with Crippen molar-refractivity contribution in [3.8, 4) is 6.07 Å². The fourth-order valence-electron chi connectivity index (χ4n) is 1.30. The molecule has 0 saturated carbocycles. The van der Waals surface area contributed by atoms with E-state index in [4.69, 9.17) is 5.26 Å². The Bertz CT molecular complexity index is 520. The van der Waals surface area contributed by atoms with Crippen LogP contribution >= 0.6 is 0 Å². The molecule has 4 heteroatoms. The molecule has 2 aromatic rings. The second-order valence-electron chi connectivity index (χ2n) is 3.23. The topological polar surface area (TPSA) is 68.7 Å². The summed E-state index contributed by atoms with van der Waals surface area (Å²) in [6, 6.07) is 12.2. The number of hydrogen-bond acceptors (Lipinski definition) is 2. The molecule has 0 aliphatic carbocycles. The van der Waals surface area contributed by atoms with Gasteiger partial charge in [0.05, 0.1) is 11.6 Å². The molecule has 0 spiro atoms. The average Bonchev–Trinajstić information content (AvgIpc) is 2.83. The number of aromatic nitrogens is 1. The van der Waals surface area contributed by atoms with Crippen LogP contribution in [-0.2, 0) is 0 Å². The van der Waals surface area contributed by atoms with Crippen LogP contribution in [-0.4, -0.2) is 10.9 Å². The Labute approximate surface area is 92.5 Å². The second-order valence-corrected chi connectivity index (χ2v) is 3.23. The maximum Gasteiger partial charge on any atom is 0.272 e. The first-order valence-electron chi connectivity index (χ1n) is 4.74. The van der Waals surface area contributed by atoms with Crippen LogP contribution in [0.4, 0.5) is 5.69 Å². The number of hydrogen-bond donors (Lipinski definition) is 2. The van der Waals surface area contributed by atoms with Crippen molar-refractivity contribution in [3.05, 3.63) is 53.9 Å². The molecular formula is C12H9N3O. The van der Waals surface area contributed by atoms with Gasteiger partial charge in [-0.15, -0.1) is 0 Å². The van der Waals surface area contributed by atoms with E-state index in [1.807, 2.05) is 6.07 Å². The average molecular weight is 211 g/mol. The molecule has 1 aromatic heterocycles. The largest absolute Gasteiger partial charge is 0.357 e. The van der Waals surface area contributed by atoms with Crippen LogP contribution in [0.25, 0.3) is 0 Å². The van der Waals surface area contributed by atoms with E-state index < -0.39 is 0 Å². The van der Waals surface area contributed by atoms with E-state index in [1.165, 1.54) is 0 Å². The Balaban J connectivity index is 2.10. The van der Waals surface area contributed by atoms with E-state index in [0.29, 0.717) is 16.9 Å². The highest BCUT2D eigenvalue weighted by molar-refractivity contribution is 6.02. The maximum absolute atomic E-state index is 11.6. The third kappa shape index (κ3) is 2.10. The predicted molar refractivity (Wildman–Crippen MR) is 59.9 cm³/mol. The number of amides is 1. The minimum atomic E-state index is -0.199. The molecule has 2 rings (SSSR count). The van der Waals surface area contributed by atoms with Crippen molar-refractivity contribution in [2.75, 3.05) is 5.32 Å². The fraction of sp³-hybridized carbons (Fsp3) is 0. The van der Waals surface area contributed by atoms with Gasteiger partial charge >= 0.3 is 0 Å². The van der Waals surface area contributed by atoms with Crippen LogP contribution in [0.5, 0.6) is 0 Å². The van der Waals surface area contributed by atoms with E-state index in [0.717, 1.165) is 0 Å². The van der Waals surface area contributed by atoms with Gasteiger partial charge in [0, 0.05) is 11.9 Å². The Morgan fingerprint density at radius 1 is 1.25 bits per heavy atom. The summed E-state index contributed by atoms with van der Waals surface area (Å²) >= 11 is 0. The third-order valence-electron chi connectivity index (χ3n) is 2.11. The van der Waals surface area contributed by atoms with Crippen molar-refractivity contribution in [2.45, 2.75) is 0 Å². The van der Waals surface area contributed by atoms with E-state index in [1.54, 1.807) is 42.6 Å². The van der Waals surface area contributed by atoms with Crippen molar-refractivity contribution in [3.63, 3.8) is 0 Å². The van der Waals surface area contributed by atoms with Gasteiger partial charge < -0.3 is 10.3 Å². The third-order valence-corrected chi connectivity index (χ3v) is 2.11. The molecule has 16 heavy (non-hydrogen) atoms. The van der Waals surface area contributed by atoms with Gasteiger partial charge in [0.25, 0.3) is 5.91 Å². The quantitative estimate of drug-likeness (QED) is 0.799. The molecular weight excluding hydrogens is 202 g/mol. The highest BCUT2D eigenvalue weighted by atomic mass is 16.1. The van der Waals surface area contributed by atoms with Gasteiger partial charge in [-0.3, -0.25) is 4.79 Å². The van der Waals surface area contributed by atoms with E-state index in [9.17, 15) is 4.79 Å². The SMILES string of the molecule is N#Cc1ccc(NC(=O)c2ccc[nH]2)cc1. The lowest BCUT2D eigenvalue weighted by Gasteiger charge is -2.03. The summed E-state index contributed by atoms with van der Waals surface area (Å²) in [5.74, 6) is -0.199. The molecule has 0 aliphatic heterocycles. The maximum atomic E-state index is 11.6. The van der Waals surface area contributed by atoms with Gasteiger partial charge in [-0.1, -0.05) is 0 Å². The molecule has 0 bridgehead atoms. The monoisotopic (exact) mass is 211 g/mol. The van der Waals surface area contributed by atoms with Crippen LogP contribution in [0.2, 0.25) is 0 Å². The summed E-state index contributed by atoms with van der Waals surface area (Å²) in [6.45, 7) is 0. The zero-order valence-electron chi connectivity index (χ0n) is 8.40. The lowest BCUT2D eigenvalue weighted by Crippen LogP contribution is -2.11. The number of benzene rings is 1. The number of rotatable bonds is 2. The zero-order valence-corrected chi connectivity index (χ0v) is 8.40. The second kappa shape index (κ2) is 4.32. The summed E-state index contributed by atoms with van der Waals surface area (Å²) in [5, 5.41) is 11.3. The van der Waals surface area contributed by atoms with Crippen molar-refractivity contribution in [1.29, 1.82) is 5.26 Å². The highest BCUT2D eigenvalue weighted by Crippen LogP contribution is 2.10. The van der Waals surface area contributed by atoms with Gasteiger partial charge in [0.1, 0.15) is 5.69 Å². The summed E-state index contributed by atoms with van der Waals surface area (Å²) in [4.78, 5) is 14.4. The van der Waals surface area contributed by atoms with Crippen molar-refractivity contribution < 1.29 is 4.79 Å². The summed E-state index contributed by atoms with van der Waals surface area (Å²) in [6.07, 6.45) is 1.69. The summed E-state index contributed by atoms with van der Waals surface area (Å²) < 4.78 is 0. The lowest BCUT2D eigenvalue weighted by molar-refractivity contribution is 0.102. The summed E-state index contributed by atoms with van der Waals surface area (Å²) in [7, 11) is 0. The number of nitrogens with one attached hydrogen (secondary N) is 2. The zero-order chi connectivity index (χ0) is 11.4. The normalized spacial score (nSPS) is 9.44.